The molecule has 5 nitrogen and oxygen atoms in total. The molecule has 1 amide bonds. The summed E-state index contributed by atoms with van der Waals surface area (Å²) in [5.41, 5.74) is 3.76. The molecule has 0 unspecified atom stereocenters. The van der Waals surface area contributed by atoms with E-state index in [-0.39, 0.29) is 18.7 Å². The first-order valence-electron chi connectivity index (χ1n) is 8.14. The van der Waals surface area contributed by atoms with Crippen molar-refractivity contribution in [3.05, 3.63) is 64.5 Å². The maximum Gasteiger partial charge on any atom is 0.239 e. The Morgan fingerprint density at radius 2 is 1.69 bits per heavy atom. The van der Waals surface area contributed by atoms with Crippen molar-refractivity contribution in [3.8, 4) is 0 Å². The van der Waals surface area contributed by atoms with Crippen LogP contribution >= 0.6 is 0 Å². The standard InChI is InChI=1S/C19H23FN2O3S/c1-13-9-14(2)19(15(3)10-13)21-18(23)12-22(26(4,24)25)11-16-7-5-6-8-17(16)20/h5-10H,11-12H2,1-4H3,(H,21,23). The quantitative estimate of drug-likeness (QED) is 0.840. The number of rotatable bonds is 6. The summed E-state index contributed by atoms with van der Waals surface area (Å²) in [5, 5.41) is 2.77. The van der Waals surface area contributed by atoms with Crippen molar-refractivity contribution in [1.29, 1.82) is 0 Å². The summed E-state index contributed by atoms with van der Waals surface area (Å²) in [7, 11) is -3.69. The zero-order valence-electron chi connectivity index (χ0n) is 15.3. The Morgan fingerprint density at radius 3 is 2.23 bits per heavy atom. The lowest BCUT2D eigenvalue weighted by molar-refractivity contribution is -0.116. The number of sulfonamides is 1. The van der Waals surface area contributed by atoms with Crippen LogP contribution in [0, 0.1) is 26.6 Å². The molecule has 0 radical (unpaired) electrons. The van der Waals surface area contributed by atoms with Gasteiger partial charge in [-0.1, -0.05) is 35.9 Å². The molecular formula is C19H23FN2O3S. The second-order valence-electron chi connectivity index (χ2n) is 6.44. The highest BCUT2D eigenvalue weighted by atomic mass is 32.2. The summed E-state index contributed by atoms with van der Waals surface area (Å²) >= 11 is 0. The molecule has 0 saturated heterocycles. The number of aryl methyl sites for hydroxylation is 3. The molecule has 0 saturated carbocycles. The second-order valence-corrected chi connectivity index (χ2v) is 8.43. The molecule has 1 N–H and O–H groups in total. The maximum atomic E-state index is 13.8. The topological polar surface area (TPSA) is 66.5 Å². The van der Waals surface area contributed by atoms with Gasteiger partial charge in [0.2, 0.25) is 15.9 Å². The number of anilines is 1. The van der Waals surface area contributed by atoms with E-state index in [1.807, 2.05) is 32.9 Å². The van der Waals surface area contributed by atoms with Gasteiger partial charge >= 0.3 is 0 Å². The molecule has 0 atom stereocenters. The van der Waals surface area contributed by atoms with E-state index in [0.29, 0.717) is 5.69 Å². The summed E-state index contributed by atoms with van der Waals surface area (Å²) in [5.74, 6) is -0.978. The highest BCUT2D eigenvalue weighted by Crippen LogP contribution is 2.22. The van der Waals surface area contributed by atoms with Crippen LogP contribution in [0.5, 0.6) is 0 Å². The molecule has 0 aliphatic rings. The van der Waals surface area contributed by atoms with E-state index in [2.05, 4.69) is 5.32 Å². The van der Waals surface area contributed by atoms with E-state index in [0.717, 1.165) is 27.3 Å². The molecule has 140 valence electrons. The Hall–Kier alpha value is -2.25. The molecule has 0 aliphatic heterocycles. The lowest BCUT2D eigenvalue weighted by atomic mass is 10.1. The Kier molecular flexibility index (Phi) is 6.15. The van der Waals surface area contributed by atoms with Gasteiger partial charge in [0.25, 0.3) is 0 Å². The van der Waals surface area contributed by atoms with Crippen LogP contribution in [0.2, 0.25) is 0 Å². The first kappa shape index (κ1) is 20.1. The minimum Gasteiger partial charge on any atom is -0.324 e. The van der Waals surface area contributed by atoms with E-state index in [9.17, 15) is 17.6 Å². The molecule has 0 aliphatic carbocycles. The number of carbonyl (C=O) groups excluding carboxylic acids is 1. The normalized spacial score (nSPS) is 11.6. The van der Waals surface area contributed by atoms with Crippen molar-refractivity contribution in [3.63, 3.8) is 0 Å². The Balaban J connectivity index is 2.19. The van der Waals surface area contributed by atoms with Crippen LogP contribution < -0.4 is 5.32 Å². The first-order chi connectivity index (χ1) is 12.1. The Labute approximate surface area is 153 Å². The first-order valence-corrected chi connectivity index (χ1v) is 9.99. The third-order valence-electron chi connectivity index (χ3n) is 4.03. The van der Waals surface area contributed by atoms with Crippen molar-refractivity contribution in [2.24, 2.45) is 0 Å². The van der Waals surface area contributed by atoms with Crippen LogP contribution in [0.25, 0.3) is 0 Å². The smallest absolute Gasteiger partial charge is 0.239 e. The molecule has 26 heavy (non-hydrogen) atoms. The van der Waals surface area contributed by atoms with Crippen molar-refractivity contribution >= 4 is 21.6 Å². The van der Waals surface area contributed by atoms with Gasteiger partial charge in [0.15, 0.2) is 0 Å². The SMILES string of the molecule is Cc1cc(C)c(NC(=O)CN(Cc2ccccc2F)S(C)(=O)=O)c(C)c1. The number of nitrogens with zero attached hydrogens (tertiary/aromatic N) is 1. The van der Waals surface area contributed by atoms with Gasteiger partial charge in [-0.3, -0.25) is 4.79 Å². The fourth-order valence-corrected chi connectivity index (χ4v) is 3.55. The molecular weight excluding hydrogens is 355 g/mol. The summed E-state index contributed by atoms with van der Waals surface area (Å²) in [6.45, 7) is 5.13. The van der Waals surface area contributed by atoms with Crippen LogP contribution in [0.1, 0.15) is 22.3 Å². The van der Waals surface area contributed by atoms with Gasteiger partial charge in [0.1, 0.15) is 5.82 Å². The van der Waals surface area contributed by atoms with E-state index >= 15 is 0 Å². The van der Waals surface area contributed by atoms with Crippen LogP contribution in [0.3, 0.4) is 0 Å². The number of nitrogens with one attached hydrogen (secondary N) is 1. The number of carbonyl (C=O) groups is 1. The molecule has 0 bridgehead atoms. The highest BCUT2D eigenvalue weighted by molar-refractivity contribution is 7.88. The van der Waals surface area contributed by atoms with Crippen molar-refractivity contribution in [2.45, 2.75) is 27.3 Å². The molecule has 2 aromatic rings. The summed E-state index contributed by atoms with van der Waals surface area (Å²) in [6, 6.07) is 9.79. The van der Waals surface area contributed by atoms with Gasteiger partial charge in [-0.25, -0.2) is 12.8 Å². The van der Waals surface area contributed by atoms with Gasteiger partial charge < -0.3 is 5.32 Å². The van der Waals surface area contributed by atoms with Crippen LogP contribution in [-0.2, 0) is 21.4 Å². The Morgan fingerprint density at radius 1 is 1.12 bits per heavy atom. The maximum absolute atomic E-state index is 13.8. The summed E-state index contributed by atoms with van der Waals surface area (Å²) in [6.07, 6.45) is 1.00. The van der Waals surface area contributed by atoms with Gasteiger partial charge in [-0.15, -0.1) is 0 Å². The number of amides is 1. The molecule has 0 heterocycles. The van der Waals surface area contributed by atoms with Gasteiger partial charge in [-0.2, -0.15) is 4.31 Å². The van der Waals surface area contributed by atoms with Crippen LogP contribution in [-0.4, -0.2) is 31.4 Å². The van der Waals surface area contributed by atoms with Crippen LogP contribution in [0.4, 0.5) is 10.1 Å². The van der Waals surface area contributed by atoms with E-state index < -0.39 is 21.7 Å². The lowest BCUT2D eigenvalue weighted by Crippen LogP contribution is -2.37. The van der Waals surface area contributed by atoms with Gasteiger partial charge in [0.05, 0.1) is 12.8 Å². The van der Waals surface area contributed by atoms with Gasteiger partial charge in [0, 0.05) is 17.8 Å². The molecule has 7 heteroatoms. The van der Waals surface area contributed by atoms with Crippen molar-refractivity contribution in [1.82, 2.24) is 4.31 Å². The highest BCUT2D eigenvalue weighted by Gasteiger charge is 2.22. The lowest BCUT2D eigenvalue weighted by Gasteiger charge is -2.21. The predicted octanol–water partition coefficient (Wildman–Crippen LogP) is 3.15. The third-order valence-corrected chi connectivity index (χ3v) is 5.23. The molecule has 2 rings (SSSR count). The summed E-state index contributed by atoms with van der Waals surface area (Å²) in [4.78, 5) is 12.4. The second kappa shape index (κ2) is 7.97. The van der Waals surface area contributed by atoms with Gasteiger partial charge in [-0.05, 0) is 38.0 Å². The monoisotopic (exact) mass is 378 g/mol. The number of benzene rings is 2. The largest absolute Gasteiger partial charge is 0.324 e. The molecule has 0 fully saturated rings. The number of hydrogen-bond acceptors (Lipinski definition) is 3. The molecule has 0 aromatic heterocycles. The van der Waals surface area contributed by atoms with Crippen LogP contribution in [0.15, 0.2) is 36.4 Å². The zero-order chi connectivity index (χ0) is 19.5. The minimum absolute atomic E-state index is 0.204. The Bertz CT molecular complexity index is 903. The van der Waals surface area contributed by atoms with E-state index in [1.165, 1.54) is 18.2 Å². The predicted molar refractivity (Wildman–Crippen MR) is 101 cm³/mol. The fraction of sp³-hybridized carbons (Fsp3) is 0.316. The number of halogens is 1. The average molecular weight is 378 g/mol. The number of hydrogen-bond donors (Lipinski definition) is 1. The molecule has 2 aromatic carbocycles. The zero-order valence-corrected chi connectivity index (χ0v) is 16.2. The van der Waals surface area contributed by atoms with E-state index in [4.69, 9.17) is 0 Å². The van der Waals surface area contributed by atoms with E-state index in [1.54, 1.807) is 6.07 Å². The molecule has 0 spiro atoms. The fourth-order valence-electron chi connectivity index (χ4n) is 2.82. The average Bonchev–Trinajstić information content (AvgIpc) is 2.51. The van der Waals surface area contributed by atoms with Crippen molar-refractivity contribution < 1.29 is 17.6 Å². The minimum atomic E-state index is -3.69. The summed E-state index contributed by atoms with van der Waals surface area (Å²) < 4.78 is 38.9. The van der Waals surface area contributed by atoms with Crippen molar-refractivity contribution in [2.75, 3.05) is 18.1 Å². The third kappa shape index (κ3) is 5.12.